The van der Waals surface area contributed by atoms with Crippen molar-refractivity contribution >= 4 is 17.8 Å². The molecule has 0 spiro atoms. The summed E-state index contributed by atoms with van der Waals surface area (Å²) in [4.78, 5) is 31.8. The highest BCUT2D eigenvalue weighted by Crippen LogP contribution is 2.10. The first-order valence-corrected chi connectivity index (χ1v) is 9.77. The molecule has 1 saturated heterocycles. The third-order valence-corrected chi connectivity index (χ3v) is 4.86. The lowest BCUT2D eigenvalue weighted by atomic mass is 10.1. The van der Waals surface area contributed by atoms with Crippen molar-refractivity contribution in [3.63, 3.8) is 0 Å². The third kappa shape index (κ3) is 5.56. The predicted molar refractivity (Wildman–Crippen MR) is 113 cm³/mol. The number of piperazine rings is 1. The molecule has 1 aliphatic rings. The molecule has 3 rings (SSSR count). The second kappa shape index (κ2) is 9.87. The molecule has 30 heavy (non-hydrogen) atoms. The summed E-state index contributed by atoms with van der Waals surface area (Å²) in [6, 6.07) is 13.8. The standard InChI is InChI=1S/C22H26FN5O2/c1-24-22(27(2)14-17-4-3-5-19(23)12-17)26-13-16-6-8-18(9-7-16)21(30)28-11-10-25-20(29)15-28/h3-9,12H,10-11,13-15H2,1-2H3,(H,24,26)(H,25,29). The van der Waals surface area contributed by atoms with E-state index in [1.165, 1.54) is 12.1 Å². The van der Waals surface area contributed by atoms with E-state index in [1.54, 1.807) is 30.1 Å². The number of rotatable bonds is 5. The van der Waals surface area contributed by atoms with Crippen molar-refractivity contribution in [2.24, 2.45) is 4.99 Å². The van der Waals surface area contributed by atoms with Gasteiger partial charge < -0.3 is 20.4 Å². The van der Waals surface area contributed by atoms with Crippen LogP contribution in [-0.2, 0) is 17.9 Å². The van der Waals surface area contributed by atoms with Gasteiger partial charge in [-0.2, -0.15) is 0 Å². The summed E-state index contributed by atoms with van der Waals surface area (Å²) in [6.45, 7) is 2.14. The Morgan fingerprint density at radius 2 is 2.00 bits per heavy atom. The van der Waals surface area contributed by atoms with Gasteiger partial charge in [-0.1, -0.05) is 24.3 Å². The first-order valence-electron chi connectivity index (χ1n) is 9.77. The summed E-state index contributed by atoms with van der Waals surface area (Å²) < 4.78 is 13.4. The molecule has 0 aliphatic carbocycles. The molecule has 0 unspecified atom stereocenters. The van der Waals surface area contributed by atoms with E-state index < -0.39 is 0 Å². The number of hydrogen-bond acceptors (Lipinski definition) is 3. The largest absolute Gasteiger partial charge is 0.353 e. The van der Waals surface area contributed by atoms with Gasteiger partial charge in [0, 0.05) is 45.8 Å². The summed E-state index contributed by atoms with van der Waals surface area (Å²) in [5.41, 5.74) is 2.40. The van der Waals surface area contributed by atoms with Gasteiger partial charge in [0.15, 0.2) is 5.96 Å². The van der Waals surface area contributed by atoms with Gasteiger partial charge in [-0.15, -0.1) is 0 Å². The van der Waals surface area contributed by atoms with Crippen molar-refractivity contribution in [2.45, 2.75) is 13.1 Å². The zero-order valence-corrected chi connectivity index (χ0v) is 17.2. The maximum absolute atomic E-state index is 13.4. The smallest absolute Gasteiger partial charge is 0.254 e. The zero-order valence-electron chi connectivity index (χ0n) is 17.2. The van der Waals surface area contributed by atoms with E-state index >= 15 is 0 Å². The highest BCUT2D eigenvalue weighted by molar-refractivity contribution is 5.97. The van der Waals surface area contributed by atoms with Crippen LogP contribution in [0.25, 0.3) is 0 Å². The van der Waals surface area contributed by atoms with Crippen LogP contribution in [0.4, 0.5) is 4.39 Å². The lowest BCUT2D eigenvalue weighted by Gasteiger charge is -2.26. The highest BCUT2D eigenvalue weighted by atomic mass is 19.1. The van der Waals surface area contributed by atoms with E-state index in [-0.39, 0.29) is 24.2 Å². The maximum atomic E-state index is 13.4. The molecule has 0 radical (unpaired) electrons. The normalized spacial score (nSPS) is 14.3. The number of halogens is 1. The minimum absolute atomic E-state index is 0.0934. The van der Waals surface area contributed by atoms with Gasteiger partial charge in [0.25, 0.3) is 5.91 Å². The number of amides is 2. The van der Waals surface area contributed by atoms with Crippen molar-refractivity contribution in [1.82, 2.24) is 20.4 Å². The summed E-state index contributed by atoms with van der Waals surface area (Å²) in [5, 5.41) is 5.98. The Balaban J connectivity index is 1.55. The number of carbonyl (C=O) groups excluding carboxylic acids is 2. The molecule has 8 heteroatoms. The number of nitrogens with zero attached hydrogens (tertiary/aromatic N) is 3. The second-order valence-electron chi connectivity index (χ2n) is 7.16. The fourth-order valence-corrected chi connectivity index (χ4v) is 3.31. The summed E-state index contributed by atoms with van der Waals surface area (Å²) in [6.07, 6.45) is 0. The molecule has 2 aromatic rings. The molecule has 0 atom stereocenters. The second-order valence-corrected chi connectivity index (χ2v) is 7.16. The fraction of sp³-hybridized carbons (Fsp3) is 0.318. The first kappa shape index (κ1) is 21.3. The lowest BCUT2D eigenvalue weighted by Crippen LogP contribution is -2.49. The molecule has 0 aromatic heterocycles. The average Bonchev–Trinajstić information content (AvgIpc) is 2.74. The number of guanidine groups is 1. The topological polar surface area (TPSA) is 77.0 Å². The van der Waals surface area contributed by atoms with E-state index in [1.807, 2.05) is 30.1 Å². The van der Waals surface area contributed by atoms with Crippen LogP contribution in [0, 0.1) is 5.82 Å². The van der Waals surface area contributed by atoms with Gasteiger partial charge in [-0.05, 0) is 35.4 Å². The molecular weight excluding hydrogens is 385 g/mol. The molecular formula is C22H26FN5O2. The maximum Gasteiger partial charge on any atom is 0.254 e. The van der Waals surface area contributed by atoms with E-state index in [0.717, 1.165) is 11.1 Å². The van der Waals surface area contributed by atoms with Gasteiger partial charge in [0.1, 0.15) is 5.82 Å². The average molecular weight is 411 g/mol. The highest BCUT2D eigenvalue weighted by Gasteiger charge is 2.22. The fourth-order valence-electron chi connectivity index (χ4n) is 3.31. The van der Waals surface area contributed by atoms with Crippen molar-refractivity contribution in [3.8, 4) is 0 Å². The van der Waals surface area contributed by atoms with Gasteiger partial charge in [-0.25, -0.2) is 4.39 Å². The van der Waals surface area contributed by atoms with Crippen molar-refractivity contribution in [1.29, 1.82) is 0 Å². The molecule has 7 nitrogen and oxygen atoms in total. The molecule has 1 fully saturated rings. The van der Waals surface area contributed by atoms with Gasteiger partial charge in [0.2, 0.25) is 5.91 Å². The van der Waals surface area contributed by atoms with Crippen LogP contribution in [0.15, 0.2) is 53.5 Å². The van der Waals surface area contributed by atoms with Crippen LogP contribution in [0.1, 0.15) is 21.5 Å². The SMILES string of the molecule is CN=C(NCc1ccc(C(=O)N2CCNC(=O)C2)cc1)N(C)Cc1cccc(F)c1. The number of aliphatic imine (C=N–C) groups is 1. The minimum Gasteiger partial charge on any atom is -0.353 e. The van der Waals surface area contributed by atoms with Gasteiger partial charge in [-0.3, -0.25) is 14.6 Å². The van der Waals surface area contributed by atoms with E-state index in [9.17, 15) is 14.0 Å². The number of benzene rings is 2. The molecule has 1 heterocycles. The molecule has 2 aromatic carbocycles. The van der Waals surface area contributed by atoms with Crippen LogP contribution >= 0.6 is 0 Å². The molecule has 158 valence electrons. The van der Waals surface area contributed by atoms with E-state index in [0.29, 0.717) is 37.7 Å². The Hall–Kier alpha value is -3.42. The van der Waals surface area contributed by atoms with E-state index in [2.05, 4.69) is 15.6 Å². The Morgan fingerprint density at radius 1 is 1.23 bits per heavy atom. The predicted octanol–water partition coefficient (Wildman–Crippen LogP) is 1.61. The molecule has 0 saturated carbocycles. The number of carbonyl (C=O) groups is 2. The number of hydrogen-bond donors (Lipinski definition) is 2. The quantitative estimate of drug-likeness (QED) is 0.579. The minimum atomic E-state index is -0.260. The third-order valence-electron chi connectivity index (χ3n) is 4.86. The van der Waals surface area contributed by atoms with Crippen LogP contribution in [-0.4, -0.2) is 61.3 Å². The zero-order chi connectivity index (χ0) is 21.5. The van der Waals surface area contributed by atoms with Gasteiger partial charge in [0.05, 0.1) is 6.54 Å². The lowest BCUT2D eigenvalue weighted by molar-refractivity contribution is -0.123. The summed E-state index contributed by atoms with van der Waals surface area (Å²) >= 11 is 0. The van der Waals surface area contributed by atoms with Crippen molar-refractivity contribution in [3.05, 3.63) is 71.0 Å². The van der Waals surface area contributed by atoms with Crippen LogP contribution in [0.3, 0.4) is 0 Å². The molecule has 0 bridgehead atoms. The summed E-state index contributed by atoms with van der Waals surface area (Å²) in [7, 11) is 3.58. The van der Waals surface area contributed by atoms with Crippen LogP contribution in [0.2, 0.25) is 0 Å². The first-order chi connectivity index (χ1) is 14.5. The van der Waals surface area contributed by atoms with Crippen LogP contribution < -0.4 is 10.6 Å². The van der Waals surface area contributed by atoms with E-state index in [4.69, 9.17) is 0 Å². The monoisotopic (exact) mass is 411 g/mol. The van der Waals surface area contributed by atoms with Gasteiger partial charge >= 0.3 is 0 Å². The van der Waals surface area contributed by atoms with Crippen molar-refractivity contribution in [2.75, 3.05) is 33.7 Å². The number of nitrogens with one attached hydrogen (secondary N) is 2. The van der Waals surface area contributed by atoms with Crippen LogP contribution in [0.5, 0.6) is 0 Å². The Labute approximate surface area is 175 Å². The summed E-state index contributed by atoms with van der Waals surface area (Å²) in [5.74, 6) is 0.140. The Bertz CT molecular complexity index is 929. The molecule has 2 amide bonds. The Morgan fingerprint density at radius 3 is 2.67 bits per heavy atom. The molecule has 1 aliphatic heterocycles. The Kier molecular flexibility index (Phi) is 7.00. The molecule has 2 N–H and O–H groups in total. The van der Waals surface area contributed by atoms with Crippen molar-refractivity contribution < 1.29 is 14.0 Å².